The molecule has 0 aliphatic heterocycles. The van der Waals surface area contributed by atoms with Gasteiger partial charge in [-0.1, -0.05) is 18.2 Å². The molecule has 1 N–H and O–H groups in total. The molecule has 2 heterocycles. The van der Waals surface area contributed by atoms with Crippen molar-refractivity contribution >= 4 is 11.7 Å². The predicted molar refractivity (Wildman–Crippen MR) is 76.1 cm³/mol. The lowest BCUT2D eigenvalue weighted by atomic mass is 10.1. The first kappa shape index (κ1) is 12.9. The predicted octanol–water partition coefficient (Wildman–Crippen LogP) is 1.62. The number of hydrogen-bond donors (Lipinski definition) is 1. The summed E-state index contributed by atoms with van der Waals surface area (Å²) in [6.07, 6.45) is 4.30. The summed E-state index contributed by atoms with van der Waals surface area (Å²) in [5.41, 5.74) is 1.51. The molecule has 2 aromatic heterocycles. The zero-order valence-corrected chi connectivity index (χ0v) is 11.3. The molecular weight excluding hydrogens is 268 g/mol. The van der Waals surface area contributed by atoms with E-state index in [0.717, 1.165) is 5.56 Å². The van der Waals surface area contributed by atoms with E-state index in [-0.39, 0.29) is 5.91 Å². The summed E-state index contributed by atoms with van der Waals surface area (Å²) in [6.45, 7) is 1.88. The number of hydrogen-bond acceptors (Lipinski definition) is 5. The SMILES string of the molecule is Cc1ccccc1C(=O)Nc1cc(-n2cncn2)ncn1. The van der Waals surface area contributed by atoms with Gasteiger partial charge in [0.15, 0.2) is 5.82 Å². The molecule has 3 aromatic rings. The fourth-order valence-corrected chi connectivity index (χ4v) is 1.88. The molecule has 0 aliphatic carbocycles. The number of anilines is 1. The molecule has 7 heteroatoms. The maximum absolute atomic E-state index is 12.2. The third-order valence-electron chi connectivity index (χ3n) is 2.94. The van der Waals surface area contributed by atoms with E-state index < -0.39 is 0 Å². The molecular formula is C14H12N6O. The molecule has 7 nitrogen and oxygen atoms in total. The molecule has 0 aliphatic rings. The van der Waals surface area contributed by atoms with Gasteiger partial charge in [0.2, 0.25) is 0 Å². The van der Waals surface area contributed by atoms with Gasteiger partial charge < -0.3 is 5.32 Å². The molecule has 0 unspecified atom stereocenters. The second-order valence-electron chi connectivity index (χ2n) is 4.37. The lowest BCUT2D eigenvalue weighted by Crippen LogP contribution is -2.14. The topological polar surface area (TPSA) is 85.6 Å². The minimum atomic E-state index is -0.212. The average Bonchev–Trinajstić information content (AvgIpc) is 3.02. The van der Waals surface area contributed by atoms with E-state index >= 15 is 0 Å². The van der Waals surface area contributed by atoms with E-state index in [4.69, 9.17) is 0 Å². The Morgan fingerprint density at radius 3 is 2.81 bits per heavy atom. The fraction of sp³-hybridized carbons (Fsp3) is 0.0714. The van der Waals surface area contributed by atoms with E-state index in [1.165, 1.54) is 23.7 Å². The molecule has 0 atom stereocenters. The number of rotatable bonds is 3. The number of aryl methyl sites for hydroxylation is 1. The highest BCUT2D eigenvalue weighted by Crippen LogP contribution is 2.12. The van der Waals surface area contributed by atoms with E-state index in [1.807, 2.05) is 25.1 Å². The Morgan fingerprint density at radius 2 is 2.05 bits per heavy atom. The van der Waals surface area contributed by atoms with E-state index in [9.17, 15) is 4.79 Å². The highest BCUT2D eigenvalue weighted by molar-refractivity contribution is 6.04. The van der Waals surface area contributed by atoms with Gasteiger partial charge in [-0.05, 0) is 18.6 Å². The number of carbonyl (C=O) groups is 1. The molecule has 0 radical (unpaired) electrons. The van der Waals surface area contributed by atoms with Crippen molar-refractivity contribution in [2.75, 3.05) is 5.32 Å². The third-order valence-corrected chi connectivity index (χ3v) is 2.94. The van der Waals surface area contributed by atoms with Gasteiger partial charge >= 0.3 is 0 Å². The quantitative estimate of drug-likeness (QED) is 0.788. The second-order valence-corrected chi connectivity index (χ2v) is 4.37. The van der Waals surface area contributed by atoms with Gasteiger partial charge in [0, 0.05) is 11.6 Å². The van der Waals surface area contributed by atoms with Gasteiger partial charge in [0.1, 0.15) is 24.8 Å². The Kier molecular flexibility index (Phi) is 3.38. The van der Waals surface area contributed by atoms with Crippen LogP contribution in [0, 0.1) is 6.92 Å². The van der Waals surface area contributed by atoms with Crippen molar-refractivity contribution in [3.63, 3.8) is 0 Å². The molecule has 0 saturated carbocycles. The summed E-state index contributed by atoms with van der Waals surface area (Å²) in [7, 11) is 0. The maximum Gasteiger partial charge on any atom is 0.257 e. The maximum atomic E-state index is 12.2. The first-order valence-electron chi connectivity index (χ1n) is 6.28. The van der Waals surface area contributed by atoms with Crippen molar-refractivity contribution in [3.05, 3.63) is 60.4 Å². The Balaban J connectivity index is 1.84. The van der Waals surface area contributed by atoms with Crippen LogP contribution in [0.15, 0.2) is 49.3 Å². The monoisotopic (exact) mass is 280 g/mol. The number of carbonyl (C=O) groups excluding carboxylic acids is 1. The summed E-state index contributed by atoms with van der Waals surface area (Å²) in [4.78, 5) is 24.2. The van der Waals surface area contributed by atoms with Crippen LogP contribution in [0.3, 0.4) is 0 Å². The molecule has 1 amide bonds. The van der Waals surface area contributed by atoms with Crippen LogP contribution in [0.4, 0.5) is 5.82 Å². The normalized spacial score (nSPS) is 10.3. The summed E-state index contributed by atoms with van der Waals surface area (Å²) in [6, 6.07) is 8.99. The first-order valence-corrected chi connectivity index (χ1v) is 6.28. The van der Waals surface area contributed by atoms with E-state index in [1.54, 1.807) is 12.1 Å². The van der Waals surface area contributed by atoms with Crippen molar-refractivity contribution in [1.29, 1.82) is 0 Å². The fourth-order valence-electron chi connectivity index (χ4n) is 1.88. The zero-order valence-electron chi connectivity index (χ0n) is 11.3. The highest BCUT2D eigenvalue weighted by Gasteiger charge is 2.10. The lowest BCUT2D eigenvalue weighted by Gasteiger charge is -2.07. The standard InChI is InChI=1S/C14H12N6O/c1-10-4-2-3-5-11(10)14(21)19-12-6-13(17-8-16-12)20-9-15-7-18-20/h2-9H,1H3,(H,16,17,19,21). The van der Waals surface area contributed by atoms with Crippen LogP contribution in [-0.2, 0) is 0 Å². The molecule has 0 bridgehead atoms. The Hall–Kier alpha value is -3.09. The molecule has 0 saturated heterocycles. The van der Waals surface area contributed by atoms with Crippen LogP contribution >= 0.6 is 0 Å². The Bertz CT molecular complexity index is 769. The lowest BCUT2D eigenvalue weighted by molar-refractivity contribution is 0.102. The molecule has 0 fully saturated rings. The minimum absolute atomic E-state index is 0.212. The van der Waals surface area contributed by atoms with Crippen molar-refractivity contribution in [3.8, 4) is 5.82 Å². The molecule has 21 heavy (non-hydrogen) atoms. The Morgan fingerprint density at radius 1 is 1.19 bits per heavy atom. The summed E-state index contributed by atoms with van der Waals surface area (Å²) in [5, 5.41) is 6.73. The Labute approximate surface area is 120 Å². The summed E-state index contributed by atoms with van der Waals surface area (Å²) < 4.78 is 1.49. The number of nitrogens with one attached hydrogen (secondary N) is 1. The van der Waals surface area contributed by atoms with Crippen LogP contribution in [0.25, 0.3) is 5.82 Å². The van der Waals surface area contributed by atoms with Crippen molar-refractivity contribution in [1.82, 2.24) is 24.7 Å². The molecule has 3 rings (SSSR count). The molecule has 0 spiro atoms. The van der Waals surface area contributed by atoms with Gasteiger partial charge in [0.25, 0.3) is 5.91 Å². The summed E-state index contributed by atoms with van der Waals surface area (Å²) in [5.74, 6) is 0.725. The largest absolute Gasteiger partial charge is 0.306 e. The van der Waals surface area contributed by atoms with Crippen LogP contribution in [0.2, 0.25) is 0 Å². The number of nitrogens with zero attached hydrogens (tertiary/aromatic N) is 5. The van der Waals surface area contributed by atoms with Crippen molar-refractivity contribution in [2.24, 2.45) is 0 Å². The van der Waals surface area contributed by atoms with Gasteiger partial charge in [-0.2, -0.15) is 5.10 Å². The number of aromatic nitrogens is 5. The molecule has 1 aromatic carbocycles. The van der Waals surface area contributed by atoms with E-state index in [2.05, 4.69) is 25.4 Å². The van der Waals surface area contributed by atoms with Crippen LogP contribution in [0.1, 0.15) is 15.9 Å². The number of benzene rings is 1. The van der Waals surface area contributed by atoms with Gasteiger partial charge in [-0.15, -0.1) is 0 Å². The first-order chi connectivity index (χ1) is 10.2. The second kappa shape index (κ2) is 5.49. The number of amides is 1. The third kappa shape index (κ3) is 2.76. The molecule has 104 valence electrons. The average molecular weight is 280 g/mol. The van der Waals surface area contributed by atoms with Crippen LogP contribution in [-0.4, -0.2) is 30.6 Å². The zero-order chi connectivity index (χ0) is 14.7. The smallest absolute Gasteiger partial charge is 0.257 e. The van der Waals surface area contributed by atoms with Gasteiger partial charge in [-0.25, -0.2) is 19.6 Å². The van der Waals surface area contributed by atoms with Crippen molar-refractivity contribution in [2.45, 2.75) is 6.92 Å². The van der Waals surface area contributed by atoms with Gasteiger partial charge in [-0.3, -0.25) is 4.79 Å². The summed E-state index contributed by atoms with van der Waals surface area (Å²) >= 11 is 0. The minimum Gasteiger partial charge on any atom is -0.306 e. The van der Waals surface area contributed by atoms with Crippen LogP contribution in [0.5, 0.6) is 0 Å². The van der Waals surface area contributed by atoms with Crippen LogP contribution < -0.4 is 5.32 Å². The van der Waals surface area contributed by atoms with Gasteiger partial charge in [0.05, 0.1) is 0 Å². The van der Waals surface area contributed by atoms with E-state index in [0.29, 0.717) is 17.2 Å². The highest BCUT2D eigenvalue weighted by atomic mass is 16.1. The van der Waals surface area contributed by atoms with Crippen molar-refractivity contribution < 1.29 is 4.79 Å².